The fourth-order valence-corrected chi connectivity index (χ4v) is 2.61. The Bertz CT molecular complexity index is 642. The molecule has 1 heterocycles. The van der Waals surface area contributed by atoms with Crippen molar-refractivity contribution in [3.8, 4) is 5.75 Å². The van der Waals surface area contributed by atoms with Gasteiger partial charge in [0.1, 0.15) is 11.0 Å². The highest BCUT2D eigenvalue weighted by atomic mass is 32.2. The molecule has 1 saturated heterocycles. The molecule has 1 aliphatic heterocycles. The Balaban J connectivity index is 2.11. The Morgan fingerprint density at radius 3 is 2.81 bits per heavy atom. The van der Waals surface area contributed by atoms with Gasteiger partial charge in [-0.1, -0.05) is 23.9 Å². The number of thioether (sulfide) groups is 1. The summed E-state index contributed by atoms with van der Waals surface area (Å²) < 4.78 is 0. The van der Waals surface area contributed by atoms with Crippen LogP contribution in [0.3, 0.4) is 0 Å². The molecule has 0 aromatic heterocycles. The number of aromatic hydroxyl groups is 1. The fraction of sp³-hybridized carbons (Fsp3) is 0.231. The standard InChI is InChI=1S/C13H13N3O4S/c1-7(8-4-2-3-5-9(8)17)15-16-13-14-12(20)10(21-13)6-11(18)19/h2-5,10,17H,6H2,1H3,(H,18,19)(H,14,16,20)/b15-7-/t10-/m1/s1. The average molecular weight is 307 g/mol. The quantitative estimate of drug-likeness (QED) is 0.571. The normalized spacial score (nSPS) is 20.6. The molecule has 0 unspecified atom stereocenters. The number of amidine groups is 1. The minimum atomic E-state index is -1.04. The van der Waals surface area contributed by atoms with Crippen molar-refractivity contribution in [2.75, 3.05) is 0 Å². The van der Waals surface area contributed by atoms with E-state index in [1.165, 1.54) is 6.07 Å². The number of phenols is 1. The van der Waals surface area contributed by atoms with Gasteiger partial charge in [-0.25, -0.2) is 0 Å². The molecule has 1 aromatic rings. The van der Waals surface area contributed by atoms with Crippen molar-refractivity contribution in [2.24, 2.45) is 10.2 Å². The van der Waals surface area contributed by atoms with Crippen molar-refractivity contribution < 1.29 is 19.8 Å². The highest BCUT2D eigenvalue weighted by Gasteiger charge is 2.32. The molecule has 3 N–H and O–H groups in total. The number of amides is 1. The number of carboxylic acids is 1. The molecule has 110 valence electrons. The lowest BCUT2D eigenvalue weighted by atomic mass is 10.1. The Labute approximate surface area is 124 Å². The summed E-state index contributed by atoms with van der Waals surface area (Å²) >= 11 is 1.03. The van der Waals surface area contributed by atoms with E-state index in [4.69, 9.17) is 5.11 Å². The van der Waals surface area contributed by atoms with E-state index < -0.39 is 17.1 Å². The van der Waals surface area contributed by atoms with Gasteiger partial charge < -0.3 is 15.5 Å². The van der Waals surface area contributed by atoms with Gasteiger partial charge in [-0.05, 0) is 19.1 Å². The predicted octanol–water partition coefficient (Wildman–Crippen LogP) is 1.18. The van der Waals surface area contributed by atoms with Crippen molar-refractivity contribution in [1.29, 1.82) is 0 Å². The van der Waals surface area contributed by atoms with Crippen molar-refractivity contribution in [3.05, 3.63) is 29.8 Å². The van der Waals surface area contributed by atoms with E-state index in [-0.39, 0.29) is 17.3 Å². The van der Waals surface area contributed by atoms with Crippen LogP contribution in [0.4, 0.5) is 0 Å². The Hall–Kier alpha value is -2.35. The molecule has 0 bridgehead atoms. The molecule has 1 aliphatic rings. The number of carbonyl (C=O) groups is 2. The molecule has 1 atom stereocenters. The Morgan fingerprint density at radius 2 is 2.14 bits per heavy atom. The summed E-state index contributed by atoms with van der Waals surface area (Å²) in [6.45, 7) is 1.68. The molecular formula is C13H13N3O4S. The maximum absolute atomic E-state index is 11.5. The second kappa shape index (κ2) is 6.40. The molecule has 1 fully saturated rings. The number of phenolic OH excluding ortho intramolecular Hbond substituents is 1. The second-order valence-electron chi connectivity index (χ2n) is 4.30. The van der Waals surface area contributed by atoms with Crippen LogP contribution in [0, 0.1) is 0 Å². The number of hydrogen-bond acceptors (Lipinski definition) is 6. The third kappa shape index (κ3) is 3.82. The van der Waals surface area contributed by atoms with Crippen LogP contribution in [-0.4, -0.2) is 38.2 Å². The minimum Gasteiger partial charge on any atom is -0.507 e. The van der Waals surface area contributed by atoms with E-state index >= 15 is 0 Å². The molecule has 1 aromatic carbocycles. The van der Waals surface area contributed by atoms with Gasteiger partial charge >= 0.3 is 5.97 Å². The van der Waals surface area contributed by atoms with Crippen LogP contribution in [0.1, 0.15) is 18.9 Å². The highest BCUT2D eigenvalue weighted by molar-refractivity contribution is 8.15. The van der Waals surface area contributed by atoms with Gasteiger partial charge in [0.25, 0.3) is 0 Å². The fourth-order valence-electron chi connectivity index (χ4n) is 1.70. The number of rotatable bonds is 4. The second-order valence-corrected chi connectivity index (χ2v) is 5.49. The Morgan fingerprint density at radius 1 is 1.43 bits per heavy atom. The van der Waals surface area contributed by atoms with Crippen LogP contribution >= 0.6 is 11.8 Å². The highest BCUT2D eigenvalue weighted by Crippen LogP contribution is 2.23. The maximum atomic E-state index is 11.5. The zero-order valence-electron chi connectivity index (χ0n) is 11.1. The summed E-state index contributed by atoms with van der Waals surface area (Å²) in [6, 6.07) is 6.69. The lowest BCUT2D eigenvalue weighted by molar-refractivity contribution is -0.138. The first-order valence-corrected chi connectivity index (χ1v) is 6.95. The largest absolute Gasteiger partial charge is 0.507 e. The van der Waals surface area contributed by atoms with Gasteiger partial charge in [-0.2, -0.15) is 5.10 Å². The van der Waals surface area contributed by atoms with E-state index in [2.05, 4.69) is 15.5 Å². The lowest BCUT2D eigenvalue weighted by Crippen LogP contribution is -2.26. The SMILES string of the molecule is C/C(=N/N=C1/NC(=O)[C@@H](CC(=O)O)S1)c1ccccc1O. The molecule has 21 heavy (non-hydrogen) atoms. The zero-order chi connectivity index (χ0) is 15.4. The first kappa shape index (κ1) is 15.0. The lowest BCUT2D eigenvalue weighted by Gasteiger charge is -2.01. The number of carbonyl (C=O) groups excluding carboxylic acids is 1. The third-order valence-corrected chi connectivity index (χ3v) is 3.79. The van der Waals surface area contributed by atoms with Crippen LogP contribution in [0.15, 0.2) is 34.5 Å². The summed E-state index contributed by atoms with van der Waals surface area (Å²) in [5.41, 5.74) is 1.02. The molecular weight excluding hydrogens is 294 g/mol. The minimum absolute atomic E-state index is 0.0887. The maximum Gasteiger partial charge on any atom is 0.305 e. The summed E-state index contributed by atoms with van der Waals surface area (Å²) in [6.07, 6.45) is -0.266. The number of hydrogen-bond donors (Lipinski definition) is 3. The zero-order valence-corrected chi connectivity index (χ0v) is 11.9. The van der Waals surface area contributed by atoms with E-state index in [0.717, 1.165) is 11.8 Å². The average Bonchev–Trinajstić information content (AvgIpc) is 2.76. The topological polar surface area (TPSA) is 111 Å². The van der Waals surface area contributed by atoms with Crippen LogP contribution in [-0.2, 0) is 9.59 Å². The van der Waals surface area contributed by atoms with Gasteiger partial charge in [-0.3, -0.25) is 9.59 Å². The first-order valence-electron chi connectivity index (χ1n) is 6.07. The predicted molar refractivity (Wildman–Crippen MR) is 79.5 cm³/mol. The molecule has 0 saturated carbocycles. The van der Waals surface area contributed by atoms with Crippen LogP contribution < -0.4 is 5.32 Å². The van der Waals surface area contributed by atoms with E-state index in [1.54, 1.807) is 25.1 Å². The van der Waals surface area contributed by atoms with Crippen LogP contribution in [0.5, 0.6) is 5.75 Å². The summed E-state index contributed by atoms with van der Waals surface area (Å²) in [5, 5.41) is 28.2. The molecule has 1 amide bonds. The monoisotopic (exact) mass is 307 g/mol. The summed E-state index contributed by atoms with van der Waals surface area (Å²) in [4.78, 5) is 22.1. The Kier molecular flexibility index (Phi) is 4.59. The number of carboxylic acid groups (broad SMARTS) is 1. The van der Waals surface area contributed by atoms with Gasteiger partial charge in [0, 0.05) is 5.56 Å². The summed E-state index contributed by atoms with van der Waals surface area (Å²) in [5.74, 6) is -1.35. The van der Waals surface area contributed by atoms with Crippen molar-refractivity contribution in [2.45, 2.75) is 18.6 Å². The van der Waals surface area contributed by atoms with Crippen molar-refractivity contribution in [1.82, 2.24) is 5.32 Å². The number of para-hydroxylation sites is 1. The third-order valence-electron chi connectivity index (χ3n) is 2.72. The number of benzene rings is 1. The molecule has 0 aliphatic carbocycles. The van der Waals surface area contributed by atoms with Gasteiger partial charge in [-0.15, -0.1) is 5.10 Å². The molecule has 0 spiro atoms. The molecule has 7 nitrogen and oxygen atoms in total. The number of aliphatic carboxylic acids is 1. The van der Waals surface area contributed by atoms with Crippen LogP contribution in [0.25, 0.3) is 0 Å². The number of nitrogens with zero attached hydrogens (tertiary/aromatic N) is 2. The van der Waals surface area contributed by atoms with E-state index in [9.17, 15) is 14.7 Å². The summed E-state index contributed by atoms with van der Waals surface area (Å²) in [7, 11) is 0. The van der Waals surface area contributed by atoms with E-state index in [0.29, 0.717) is 11.3 Å². The first-order chi connectivity index (χ1) is 9.97. The van der Waals surface area contributed by atoms with Gasteiger partial charge in [0.2, 0.25) is 5.91 Å². The van der Waals surface area contributed by atoms with Crippen molar-refractivity contribution in [3.63, 3.8) is 0 Å². The smallest absolute Gasteiger partial charge is 0.305 e. The van der Waals surface area contributed by atoms with Gasteiger partial charge in [0.05, 0.1) is 12.1 Å². The molecule has 2 rings (SSSR count). The molecule has 8 heteroatoms. The van der Waals surface area contributed by atoms with Gasteiger partial charge in [0.15, 0.2) is 5.17 Å². The van der Waals surface area contributed by atoms with Crippen LogP contribution in [0.2, 0.25) is 0 Å². The number of nitrogens with one attached hydrogen (secondary N) is 1. The molecule has 0 radical (unpaired) electrons. The van der Waals surface area contributed by atoms with E-state index in [1.807, 2.05) is 0 Å². The van der Waals surface area contributed by atoms with Crippen molar-refractivity contribution >= 4 is 34.5 Å².